The Labute approximate surface area is 347 Å². The first-order valence-corrected chi connectivity index (χ1v) is 20.7. The largest absolute Gasteiger partial charge is 0.444 e. The molecule has 0 spiro atoms. The molecule has 0 radical (unpaired) electrons. The van der Waals surface area contributed by atoms with Gasteiger partial charge >= 0.3 is 6.09 Å². The maximum Gasteiger partial charge on any atom is 0.408 e. The quantitative estimate of drug-likeness (QED) is 0.0957. The highest BCUT2D eigenvalue weighted by molar-refractivity contribution is 7.99. The van der Waals surface area contributed by atoms with Crippen LogP contribution in [0.1, 0.15) is 60.3 Å². The number of hydrogen-bond donors (Lipinski definition) is 6. The van der Waals surface area contributed by atoms with Crippen LogP contribution in [0.2, 0.25) is 10.0 Å². The first kappa shape index (κ1) is 43.0. The van der Waals surface area contributed by atoms with E-state index in [9.17, 15) is 4.79 Å². The van der Waals surface area contributed by atoms with Gasteiger partial charge in [0.05, 0.1) is 33.8 Å². The second-order valence-electron chi connectivity index (χ2n) is 15.3. The van der Waals surface area contributed by atoms with Crippen LogP contribution >= 0.6 is 46.7 Å². The molecule has 4 aromatic rings. The number of nitrogens with two attached hydrogens (primary N) is 4. The maximum atomic E-state index is 12.2. The zero-order valence-corrected chi connectivity index (χ0v) is 35.8. The van der Waals surface area contributed by atoms with Crippen molar-refractivity contribution >= 4 is 87.5 Å². The molecule has 2 fully saturated rings. The van der Waals surface area contributed by atoms with Crippen molar-refractivity contribution in [2.24, 2.45) is 0 Å². The van der Waals surface area contributed by atoms with Gasteiger partial charge in [-0.3, -0.25) is 0 Å². The molecule has 4 heterocycles. The van der Waals surface area contributed by atoms with Crippen molar-refractivity contribution in [2.75, 3.05) is 66.0 Å². The molecule has 2 aromatic carbocycles. The van der Waals surface area contributed by atoms with Crippen molar-refractivity contribution in [1.82, 2.24) is 30.6 Å². The number of nitrogen functional groups attached to an aromatic ring is 4. The molecule has 2 saturated heterocycles. The number of alkyl carbamates (subject to hydrolysis) is 1. The third-order valence-corrected chi connectivity index (χ3v) is 12.9. The van der Waals surface area contributed by atoms with Crippen LogP contribution in [0.4, 0.5) is 39.4 Å². The molecule has 302 valence electrons. The molecular weight excluding hydrogens is 792 g/mol. The Balaban J connectivity index is 0.000000219. The summed E-state index contributed by atoms with van der Waals surface area (Å²) in [7, 11) is 2.01. The molecule has 2 aromatic heterocycles. The Bertz CT molecular complexity index is 2000. The average molecular weight is 844 g/mol. The van der Waals surface area contributed by atoms with Gasteiger partial charge in [0.25, 0.3) is 0 Å². The summed E-state index contributed by atoms with van der Waals surface area (Å²) < 4.78 is 5.39. The molecule has 2 aliphatic heterocycles. The smallest absolute Gasteiger partial charge is 0.408 e. The summed E-state index contributed by atoms with van der Waals surface area (Å²) in [6.07, 6.45) is 6.71. The van der Waals surface area contributed by atoms with Gasteiger partial charge in [0.1, 0.15) is 27.3 Å². The Morgan fingerprint density at radius 2 is 1.16 bits per heavy atom. The number of nitrogens with zero attached hydrogens (tertiary/aromatic N) is 6. The predicted octanol–water partition coefficient (Wildman–Crippen LogP) is 7.35. The molecule has 0 atom stereocenters. The normalized spacial score (nSPS) is 16.4. The molecule has 0 unspecified atom stereocenters. The molecule has 6 rings (SSSR count). The molecule has 10 N–H and O–H groups in total. The van der Waals surface area contributed by atoms with E-state index in [0.29, 0.717) is 62.0 Å². The molecule has 18 heteroatoms. The van der Waals surface area contributed by atoms with Crippen LogP contribution in [-0.2, 0) is 4.74 Å². The number of aromatic nitrogens is 4. The number of rotatable bonds is 8. The lowest BCUT2D eigenvalue weighted by Crippen LogP contribution is -2.54. The van der Waals surface area contributed by atoms with E-state index in [1.807, 2.05) is 59.0 Å². The van der Waals surface area contributed by atoms with Crippen LogP contribution in [-0.4, -0.2) is 75.9 Å². The van der Waals surface area contributed by atoms with Gasteiger partial charge in [-0.15, -0.1) is 0 Å². The molecule has 2 aliphatic rings. The van der Waals surface area contributed by atoms with Gasteiger partial charge in [-0.25, -0.2) is 24.7 Å². The summed E-state index contributed by atoms with van der Waals surface area (Å²) in [6, 6.07) is 10.9. The summed E-state index contributed by atoms with van der Waals surface area (Å²) in [5, 5.41) is 8.60. The van der Waals surface area contributed by atoms with E-state index >= 15 is 0 Å². The minimum atomic E-state index is -0.524. The zero-order chi connectivity index (χ0) is 40.8. The molecule has 14 nitrogen and oxygen atoms in total. The van der Waals surface area contributed by atoms with Crippen LogP contribution < -0.4 is 43.4 Å². The number of piperidine rings is 2. The predicted molar refractivity (Wildman–Crippen MR) is 231 cm³/mol. The molecular formula is C38H52Cl2N12O2S2. The lowest BCUT2D eigenvalue weighted by atomic mass is 9.90. The Kier molecular flexibility index (Phi) is 13.8. The first-order valence-electron chi connectivity index (χ1n) is 18.3. The monoisotopic (exact) mass is 842 g/mol. The summed E-state index contributed by atoms with van der Waals surface area (Å²) in [4.78, 5) is 36.2. The fourth-order valence-corrected chi connectivity index (χ4v) is 8.15. The van der Waals surface area contributed by atoms with E-state index in [0.717, 1.165) is 54.4 Å². The van der Waals surface area contributed by atoms with Crippen LogP contribution in [0.25, 0.3) is 0 Å². The molecule has 0 saturated carbocycles. The lowest BCUT2D eigenvalue weighted by molar-refractivity contribution is 0.0448. The summed E-state index contributed by atoms with van der Waals surface area (Å²) in [6.45, 7) is 13.1. The number of hydrogen-bond acceptors (Lipinski definition) is 15. The van der Waals surface area contributed by atoms with Gasteiger partial charge in [-0.2, -0.15) is 0 Å². The van der Waals surface area contributed by atoms with Gasteiger partial charge in [0.2, 0.25) is 0 Å². The number of benzene rings is 2. The molecule has 1 amide bonds. The van der Waals surface area contributed by atoms with E-state index < -0.39 is 11.7 Å². The van der Waals surface area contributed by atoms with Crippen molar-refractivity contribution < 1.29 is 9.53 Å². The Hall–Kier alpha value is -4.09. The fraction of sp³-hybridized carbons (Fsp3) is 0.447. The van der Waals surface area contributed by atoms with E-state index in [4.69, 9.17) is 50.9 Å². The maximum absolute atomic E-state index is 12.2. The third-order valence-electron chi connectivity index (χ3n) is 9.69. The molecule has 0 aliphatic carbocycles. The van der Waals surface area contributed by atoms with Crippen molar-refractivity contribution in [1.29, 1.82) is 0 Å². The highest BCUT2D eigenvalue weighted by atomic mass is 35.5. The summed E-state index contributed by atoms with van der Waals surface area (Å²) in [5.41, 5.74) is 24.4. The van der Waals surface area contributed by atoms with Crippen molar-refractivity contribution in [2.45, 2.75) is 96.8 Å². The van der Waals surface area contributed by atoms with E-state index in [1.54, 1.807) is 24.5 Å². The number of halogens is 2. The topological polar surface area (TPSA) is 212 Å². The number of carbonyl (C=O) groups excluding carboxylic acids is 1. The van der Waals surface area contributed by atoms with E-state index in [1.165, 1.54) is 23.5 Å². The van der Waals surface area contributed by atoms with Crippen LogP contribution in [0, 0.1) is 0 Å². The highest BCUT2D eigenvalue weighted by Gasteiger charge is 2.34. The van der Waals surface area contributed by atoms with Gasteiger partial charge < -0.3 is 48.1 Å². The van der Waals surface area contributed by atoms with Crippen molar-refractivity contribution in [3.05, 3.63) is 58.8 Å². The Morgan fingerprint density at radius 1 is 0.750 bits per heavy atom. The van der Waals surface area contributed by atoms with Gasteiger partial charge in [0, 0.05) is 47.0 Å². The van der Waals surface area contributed by atoms with Crippen molar-refractivity contribution in [3.8, 4) is 0 Å². The molecule has 56 heavy (non-hydrogen) atoms. The average Bonchev–Trinajstić information content (AvgIpc) is 3.13. The minimum absolute atomic E-state index is 0.190. The zero-order valence-electron chi connectivity index (χ0n) is 32.7. The number of carbonyl (C=O) groups is 1. The van der Waals surface area contributed by atoms with Crippen LogP contribution in [0.15, 0.2) is 68.6 Å². The SMILES string of the molecule is CC1(NC(=O)OC(C)(C)C)CCN(c2cnc(Sc3cccc(N)c3Cl)c(N)n2)CC1.CNC1(C)CCN(c2cnc(Sc3cccc(N)c3Cl)c(N)n2)CC1. The second kappa shape index (κ2) is 18.0. The fourth-order valence-electron chi connectivity index (χ4n) is 6.03. The number of anilines is 6. The minimum Gasteiger partial charge on any atom is -0.444 e. The highest BCUT2D eigenvalue weighted by Crippen LogP contribution is 2.39. The van der Waals surface area contributed by atoms with Gasteiger partial charge in [-0.05, 0) is 91.6 Å². The van der Waals surface area contributed by atoms with Gasteiger partial charge in [-0.1, -0.05) is 58.9 Å². The van der Waals surface area contributed by atoms with E-state index in [2.05, 4.69) is 47.3 Å². The number of ether oxygens (including phenoxy) is 1. The van der Waals surface area contributed by atoms with Crippen LogP contribution in [0.5, 0.6) is 0 Å². The Morgan fingerprint density at radius 3 is 1.54 bits per heavy atom. The molecule has 0 bridgehead atoms. The number of nitrogens with one attached hydrogen (secondary N) is 2. The van der Waals surface area contributed by atoms with Gasteiger partial charge in [0.15, 0.2) is 11.6 Å². The standard InChI is InChI=1S/C21H29ClN6O2S.C17H23ClN6S/c1-20(2,3)30-19(29)27-21(4)8-10-28(11-9-21)15-12-25-18(17(24)26-15)31-14-7-5-6-13(23)16(14)22;1-17(21-2)6-8-24(9-7-17)13-10-22-16(15(20)23-13)25-12-5-3-4-11(19)14(12)18/h5-7,12H,8-11,23H2,1-4H3,(H2,24,26)(H,27,29);3-5,10,21H,6-9,19H2,1-2H3,(H2,20,23). The van der Waals surface area contributed by atoms with Crippen molar-refractivity contribution in [3.63, 3.8) is 0 Å². The van der Waals surface area contributed by atoms with E-state index in [-0.39, 0.29) is 11.1 Å². The van der Waals surface area contributed by atoms with Crippen LogP contribution in [0.3, 0.4) is 0 Å². The second-order valence-corrected chi connectivity index (χ2v) is 18.1. The third kappa shape index (κ3) is 11.3. The number of amides is 1. The summed E-state index contributed by atoms with van der Waals surface area (Å²) >= 11 is 15.2. The summed E-state index contributed by atoms with van der Waals surface area (Å²) in [5.74, 6) is 2.27. The lowest BCUT2D eigenvalue weighted by Gasteiger charge is -2.40. The first-order chi connectivity index (χ1) is 26.4.